The van der Waals surface area contributed by atoms with Crippen LogP contribution in [0.2, 0.25) is 5.02 Å². The van der Waals surface area contributed by atoms with E-state index in [-0.39, 0.29) is 17.4 Å². The van der Waals surface area contributed by atoms with Crippen LogP contribution in [0.5, 0.6) is 11.5 Å². The minimum Gasteiger partial charge on any atom is -0.497 e. The van der Waals surface area contributed by atoms with Gasteiger partial charge in [0, 0.05) is 57.4 Å². The van der Waals surface area contributed by atoms with E-state index < -0.39 is 10.2 Å². The van der Waals surface area contributed by atoms with Gasteiger partial charge in [0.25, 0.3) is 0 Å². The van der Waals surface area contributed by atoms with Crippen molar-refractivity contribution >= 4 is 44.5 Å². The molecular weight excluding hydrogens is 558 g/mol. The largest absolute Gasteiger partial charge is 0.497 e. The van der Waals surface area contributed by atoms with E-state index >= 15 is 0 Å². The standard InChI is InChI=1S/C25H26ClN9O4S/c1-32(2)40(36,37)35-9-8-27-23(35)15-34(20-10-17(38-4)11-21(39-5)24(20)26)22-7-6-18-25(31-22)30-19(13-28-18)16-12-29-33(3)14-16/h6-14H,15H2,1-5H3. The zero-order valence-corrected chi connectivity index (χ0v) is 23.9. The average molecular weight is 584 g/mol. The van der Waals surface area contributed by atoms with Gasteiger partial charge in [-0.3, -0.25) is 9.67 Å². The Labute approximate surface area is 235 Å². The molecule has 5 aromatic rings. The molecule has 0 atom stereocenters. The fourth-order valence-electron chi connectivity index (χ4n) is 4.00. The second-order valence-corrected chi connectivity index (χ2v) is 11.2. The van der Waals surface area contributed by atoms with Gasteiger partial charge in [-0.2, -0.15) is 17.8 Å². The number of anilines is 2. The molecule has 0 aliphatic heterocycles. The van der Waals surface area contributed by atoms with Gasteiger partial charge in [0.2, 0.25) is 0 Å². The van der Waals surface area contributed by atoms with Crippen molar-refractivity contribution in [2.45, 2.75) is 6.54 Å². The zero-order chi connectivity index (χ0) is 28.6. The summed E-state index contributed by atoms with van der Waals surface area (Å²) in [6, 6.07) is 6.89. The van der Waals surface area contributed by atoms with Gasteiger partial charge in [-0.25, -0.2) is 18.9 Å². The van der Waals surface area contributed by atoms with Crippen molar-refractivity contribution in [2.24, 2.45) is 7.05 Å². The highest BCUT2D eigenvalue weighted by Crippen LogP contribution is 2.42. The van der Waals surface area contributed by atoms with Crippen molar-refractivity contribution in [1.82, 2.24) is 38.0 Å². The number of benzene rings is 1. The lowest BCUT2D eigenvalue weighted by atomic mass is 10.2. The number of rotatable bonds is 9. The molecule has 0 bridgehead atoms. The zero-order valence-electron chi connectivity index (χ0n) is 22.3. The van der Waals surface area contributed by atoms with Gasteiger partial charge in [0.1, 0.15) is 33.7 Å². The summed E-state index contributed by atoms with van der Waals surface area (Å²) in [5.41, 5.74) is 2.79. The number of nitrogens with zero attached hydrogens (tertiary/aromatic N) is 9. The summed E-state index contributed by atoms with van der Waals surface area (Å²) < 4.78 is 40.9. The lowest BCUT2D eigenvalue weighted by Gasteiger charge is -2.26. The Balaban J connectivity index is 1.69. The second kappa shape index (κ2) is 10.7. The molecule has 4 heterocycles. The topological polar surface area (TPSA) is 133 Å². The number of hydrogen-bond donors (Lipinski definition) is 0. The molecule has 0 fully saturated rings. The lowest BCUT2D eigenvalue weighted by molar-refractivity contribution is 0.394. The monoisotopic (exact) mass is 583 g/mol. The SMILES string of the molecule is COc1cc(OC)c(Cl)c(N(Cc2nccn2S(=O)(=O)N(C)C)c2ccc3ncc(-c4cnn(C)c4)nc3n2)c1. The molecule has 5 rings (SSSR count). The molecule has 40 heavy (non-hydrogen) atoms. The number of hydrogen-bond acceptors (Lipinski definition) is 10. The van der Waals surface area contributed by atoms with Gasteiger partial charge < -0.3 is 14.4 Å². The van der Waals surface area contributed by atoms with Crippen LogP contribution in [0.3, 0.4) is 0 Å². The van der Waals surface area contributed by atoms with Gasteiger partial charge in [0.05, 0.1) is 44.5 Å². The van der Waals surface area contributed by atoms with Crippen LogP contribution in [0.1, 0.15) is 5.82 Å². The Kier molecular flexibility index (Phi) is 7.31. The molecule has 0 radical (unpaired) electrons. The summed E-state index contributed by atoms with van der Waals surface area (Å²) in [5, 5.41) is 4.48. The number of aromatic nitrogens is 7. The molecule has 0 unspecified atom stereocenters. The van der Waals surface area contributed by atoms with E-state index in [9.17, 15) is 8.42 Å². The Morgan fingerprint density at radius 3 is 2.52 bits per heavy atom. The van der Waals surface area contributed by atoms with Crippen LogP contribution >= 0.6 is 11.6 Å². The number of aryl methyl sites for hydroxylation is 1. The van der Waals surface area contributed by atoms with Crippen LogP contribution in [0.4, 0.5) is 11.5 Å². The summed E-state index contributed by atoms with van der Waals surface area (Å²) in [6.45, 7) is -0.0235. The van der Waals surface area contributed by atoms with E-state index in [0.29, 0.717) is 39.9 Å². The Hall–Kier alpha value is -4.27. The molecule has 0 N–H and O–H groups in total. The predicted octanol–water partition coefficient (Wildman–Crippen LogP) is 3.29. The van der Waals surface area contributed by atoms with Crippen LogP contribution in [-0.2, 0) is 23.8 Å². The Bertz CT molecular complexity index is 1800. The smallest absolute Gasteiger partial charge is 0.308 e. The van der Waals surface area contributed by atoms with E-state index in [1.165, 1.54) is 40.7 Å². The minimum absolute atomic E-state index is 0.0235. The number of pyridine rings is 1. The third kappa shape index (κ3) is 5.03. The summed E-state index contributed by atoms with van der Waals surface area (Å²) in [5.74, 6) is 1.48. The summed E-state index contributed by atoms with van der Waals surface area (Å²) >= 11 is 6.79. The molecule has 13 nitrogen and oxygen atoms in total. The molecule has 0 aliphatic rings. The van der Waals surface area contributed by atoms with Gasteiger partial charge in [-0.1, -0.05) is 11.6 Å². The first-order chi connectivity index (χ1) is 19.1. The van der Waals surface area contributed by atoms with Crippen molar-refractivity contribution in [3.8, 4) is 22.8 Å². The number of ether oxygens (including phenoxy) is 2. The van der Waals surface area contributed by atoms with E-state index in [1.54, 1.807) is 46.2 Å². The Morgan fingerprint density at radius 1 is 1.05 bits per heavy atom. The maximum Gasteiger partial charge on any atom is 0.308 e. The van der Waals surface area contributed by atoms with Gasteiger partial charge in [-0.05, 0) is 12.1 Å². The van der Waals surface area contributed by atoms with Crippen LogP contribution < -0.4 is 14.4 Å². The number of methoxy groups -OCH3 is 2. The first-order valence-electron chi connectivity index (χ1n) is 11.9. The molecule has 0 amide bonds. The second-order valence-electron chi connectivity index (χ2n) is 8.85. The van der Waals surface area contributed by atoms with Gasteiger partial charge in [-0.15, -0.1) is 0 Å². The fourth-order valence-corrected chi connectivity index (χ4v) is 5.22. The van der Waals surface area contributed by atoms with Crippen LogP contribution in [0, 0.1) is 0 Å². The fraction of sp³-hybridized carbons (Fsp3) is 0.240. The highest BCUT2D eigenvalue weighted by molar-refractivity contribution is 7.87. The van der Waals surface area contributed by atoms with Crippen molar-refractivity contribution in [3.05, 3.63) is 66.1 Å². The molecular formula is C25H26ClN9O4S. The lowest BCUT2D eigenvalue weighted by Crippen LogP contribution is -2.31. The Morgan fingerprint density at radius 2 is 1.85 bits per heavy atom. The third-order valence-electron chi connectivity index (χ3n) is 6.10. The number of imidazole rings is 1. The van der Waals surface area contributed by atoms with E-state index in [1.807, 2.05) is 13.2 Å². The first-order valence-corrected chi connectivity index (χ1v) is 13.7. The maximum absolute atomic E-state index is 13.0. The van der Waals surface area contributed by atoms with Crippen LogP contribution in [0.25, 0.3) is 22.4 Å². The molecule has 208 valence electrons. The molecule has 15 heteroatoms. The number of fused-ring (bicyclic) bond motifs is 1. The van der Waals surface area contributed by atoms with Crippen LogP contribution in [0.15, 0.2) is 55.2 Å². The highest BCUT2D eigenvalue weighted by Gasteiger charge is 2.25. The van der Waals surface area contributed by atoms with Gasteiger partial charge >= 0.3 is 10.2 Å². The predicted molar refractivity (Wildman–Crippen MR) is 150 cm³/mol. The average Bonchev–Trinajstić information content (AvgIpc) is 3.60. The molecule has 0 spiro atoms. The normalized spacial score (nSPS) is 11.8. The van der Waals surface area contributed by atoms with Crippen molar-refractivity contribution < 1.29 is 17.9 Å². The molecule has 0 saturated heterocycles. The van der Waals surface area contributed by atoms with Crippen LogP contribution in [-0.4, -0.2) is 74.7 Å². The first kappa shape index (κ1) is 27.3. The van der Waals surface area contributed by atoms with Crippen molar-refractivity contribution in [1.29, 1.82) is 0 Å². The quantitative estimate of drug-likeness (QED) is 0.254. The molecule has 4 aromatic heterocycles. The molecule has 1 aromatic carbocycles. The summed E-state index contributed by atoms with van der Waals surface area (Å²) in [7, 11) is 3.88. The van der Waals surface area contributed by atoms with E-state index in [4.69, 9.17) is 31.0 Å². The molecule has 0 aliphatic carbocycles. The molecule has 0 saturated carbocycles. The van der Waals surface area contributed by atoms with Crippen molar-refractivity contribution in [3.63, 3.8) is 0 Å². The summed E-state index contributed by atoms with van der Waals surface area (Å²) in [4.78, 5) is 20.1. The maximum atomic E-state index is 13.0. The number of halogens is 1. The summed E-state index contributed by atoms with van der Waals surface area (Å²) in [6.07, 6.45) is 7.99. The minimum atomic E-state index is -3.85. The van der Waals surface area contributed by atoms with Gasteiger partial charge in [0.15, 0.2) is 5.65 Å². The van der Waals surface area contributed by atoms with E-state index in [2.05, 4.69) is 15.1 Å². The highest BCUT2D eigenvalue weighted by atomic mass is 35.5. The van der Waals surface area contributed by atoms with Crippen molar-refractivity contribution in [2.75, 3.05) is 33.2 Å². The van der Waals surface area contributed by atoms with E-state index in [0.717, 1.165) is 13.8 Å². The third-order valence-corrected chi connectivity index (χ3v) is 8.23.